The zero-order valence-corrected chi connectivity index (χ0v) is 11.9. The lowest BCUT2D eigenvalue weighted by molar-refractivity contribution is 0.267. The van der Waals surface area contributed by atoms with Crippen molar-refractivity contribution in [3.8, 4) is 0 Å². The molecular weight excluding hydrogens is 266 g/mol. The summed E-state index contributed by atoms with van der Waals surface area (Å²) in [5.74, 6) is 0.234. The number of nitrogens with one attached hydrogen (secondary N) is 1. The number of nitrogens with two attached hydrogens (primary N) is 2. The molecule has 0 saturated heterocycles. The molecule has 0 fully saturated rings. The molecule has 0 aliphatic heterocycles. The van der Waals surface area contributed by atoms with Crippen LogP contribution < -0.4 is 16.2 Å². The second-order valence-corrected chi connectivity index (χ2v) is 6.34. The second kappa shape index (κ2) is 6.23. The van der Waals surface area contributed by atoms with Crippen LogP contribution in [0.1, 0.15) is 20.3 Å². The molecule has 0 amide bonds. The minimum Gasteiger partial charge on any atom is -0.399 e. The zero-order chi connectivity index (χ0) is 14.6. The quantitative estimate of drug-likeness (QED) is 0.575. The lowest BCUT2D eigenvalue weighted by atomic mass is 10.0. The van der Waals surface area contributed by atoms with Crippen molar-refractivity contribution in [3.05, 3.63) is 18.2 Å². The van der Waals surface area contributed by atoms with Gasteiger partial charge >= 0.3 is 0 Å². The Morgan fingerprint density at radius 2 is 2.00 bits per heavy atom. The molecular formula is C12H21N3O3S. The van der Waals surface area contributed by atoms with E-state index >= 15 is 0 Å². The third-order valence-electron chi connectivity index (χ3n) is 2.90. The van der Waals surface area contributed by atoms with Crippen molar-refractivity contribution in [2.75, 3.05) is 17.7 Å². The predicted octanol–water partition coefficient (Wildman–Crippen LogP) is 0.735. The summed E-state index contributed by atoms with van der Waals surface area (Å²) in [5, 5.41) is 17.3. The molecule has 0 aliphatic rings. The molecule has 108 valence electrons. The topological polar surface area (TPSA) is 118 Å². The lowest BCUT2D eigenvalue weighted by Crippen LogP contribution is -2.28. The Hall–Kier alpha value is -1.31. The highest BCUT2D eigenvalue weighted by atomic mass is 32.2. The lowest BCUT2D eigenvalue weighted by Gasteiger charge is -2.24. The zero-order valence-electron chi connectivity index (χ0n) is 11.1. The van der Waals surface area contributed by atoms with E-state index in [1.54, 1.807) is 12.1 Å². The molecule has 6 N–H and O–H groups in total. The summed E-state index contributed by atoms with van der Waals surface area (Å²) < 4.78 is 23.1. The van der Waals surface area contributed by atoms with Crippen LogP contribution in [-0.4, -0.2) is 26.2 Å². The number of anilines is 2. The molecule has 0 aromatic heterocycles. The molecule has 0 spiro atoms. The summed E-state index contributed by atoms with van der Waals surface area (Å²) >= 11 is 0. The highest BCUT2D eigenvalue weighted by Crippen LogP contribution is 2.25. The van der Waals surface area contributed by atoms with Gasteiger partial charge in [0.25, 0.3) is 0 Å². The average molecular weight is 287 g/mol. The van der Waals surface area contributed by atoms with Crippen LogP contribution in [0.3, 0.4) is 0 Å². The van der Waals surface area contributed by atoms with E-state index in [4.69, 9.17) is 16.0 Å². The van der Waals surface area contributed by atoms with Gasteiger partial charge in [0.1, 0.15) is 4.90 Å². The van der Waals surface area contributed by atoms with Gasteiger partial charge in [-0.15, -0.1) is 0 Å². The van der Waals surface area contributed by atoms with Crippen LogP contribution in [0.25, 0.3) is 0 Å². The number of hydrogen-bond donors (Lipinski definition) is 4. The van der Waals surface area contributed by atoms with Crippen molar-refractivity contribution in [2.24, 2.45) is 11.1 Å². The van der Waals surface area contributed by atoms with Crippen LogP contribution >= 0.6 is 0 Å². The van der Waals surface area contributed by atoms with Crippen LogP contribution in [-0.2, 0) is 10.0 Å². The Morgan fingerprint density at radius 1 is 1.37 bits per heavy atom. The molecule has 7 heteroatoms. The van der Waals surface area contributed by atoms with E-state index in [1.807, 2.05) is 13.8 Å². The molecule has 1 aromatic rings. The van der Waals surface area contributed by atoms with Crippen LogP contribution in [0.2, 0.25) is 0 Å². The summed E-state index contributed by atoms with van der Waals surface area (Å²) in [7, 11) is -3.85. The third kappa shape index (κ3) is 4.38. The Kier molecular flexibility index (Phi) is 5.16. The number of benzene rings is 1. The van der Waals surface area contributed by atoms with Gasteiger partial charge < -0.3 is 16.2 Å². The summed E-state index contributed by atoms with van der Waals surface area (Å²) in [5.41, 5.74) is 6.32. The van der Waals surface area contributed by atoms with E-state index in [2.05, 4.69) is 5.32 Å². The van der Waals surface area contributed by atoms with E-state index in [9.17, 15) is 8.42 Å². The van der Waals surface area contributed by atoms with Crippen LogP contribution in [0.15, 0.2) is 23.1 Å². The first-order chi connectivity index (χ1) is 8.75. The standard InChI is InChI=1S/C12H21N3O3S/c1-8(2)10(5-6-16)15-11-4-3-9(13)7-12(11)19(14,17)18/h3-4,7-8,10,15-16H,5-6,13H2,1-2H3,(H2,14,17,18). The van der Waals surface area contributed by atoms with Crippen molar-refractivity contribution in [1.82, 2.24) is 0 Å². The van der Waals surface area contributed by atoms with E-state index in [0.717, 1.165) is 0 Å². The first kappa shape index (κ1) is 15.7. The molecule has 1 aromatic carbocycles. The van der Waals surface area contributed by atoms with Crippen molar-refractivity contribution in [3.63, 3.8) is 0 Å². The second-order valence-electron chi connectivity index (χ2n) is 4.81. The maximum absolute atomic E-state index is 11.5. The Labute approximate surface area is 113 Å². The monoisotopic (exact) mass is 287 g/mol. The van der Waals surface area contributed by atoms with Gasteiger partial charge in [0.2, 0.25) is 10.0 Å². The first-order valence-corrected chi connectivity index (χ1v) is 7.60. The van der Waals surface area contributed by atoms with Gasteiger partial charge in [-0.2, -0.15) is 0 Å². The Morgan fingerprint density at radius 3 is 2.47 bits per heavy atom. The molecule has 1 rings (SSSR count). The molecule has 0 radical (unpaired) electrons. The minimum absolute atomic E-state index is 0.0233. The Bertz CT molecular complexity index is 529. The van der Waals surface area contributed by atoms with Crippen molar-refractivity contribution in [2.45, 2.75) is 31.2 Å². The van der Waals surface area contributed by atoms with E-state index in [-0.39, 0.29) is 23.5 Å². The number of aliphatic hydroxyl groups excluding tert-OH is 1. The smallest absolute Gasteiger partial charge is 0.240 e. The SMILES string of the molecule is CC(C)C(CCO)Nc1ccc(N)cc1S(N)(=O)=O. The van der Waals surface area contributed by atoms with Gasteiger partial charge in [0, 0.05) is 18.3 Å². The normalized spacial score (nSPS) is 13.5. The van der Waals surface area contributed by atoms with Gasteiger partial charge in [-0.25, -0.2) is 13.6 Å². The van der Waals surface area contributed by atoms with Crippen LogP contribution in [0.4, 0.5) is 11.4 Å². The summed E-state index contributed by atoms with van der Waals surface area (Å²) in [4.78, 5) is -0.0314. The maximum Gasteiger partial charge on any atom is 0.240 e. The average Bonchev–Trinajstić information content (AvgIpc) is 2.29. The van der Waals surface area contributed by atoms with Gasteiger partial charge in [0.05, 0.1) is 5.69 Å². The molecule has 1 unspecified atom stereocenters. The van der Waals surface area contributed by atoms with Gasteiger partial charge in [0.15, 0.2) is 0 Å². The van der Waals surface area contributed by atoms with Crippen LogP contribution in [0, 0.1) is 5.92 Å². The Balaban J connectivity index is 3.13. The molecule has 0 heterocycles. The fourth-order valence-corrected chi connectivity index (χ4v) is 2.54. The van der Waals surface area contributed by atoms with E-state index in [1.165, 1.54) is 6.07 Å². The molecule has 0 bridgehead atoms. The molecule has 1 atom stereocenters. The van der Waals surface area contributed by atoms with Gasteiger partial charge in [-0.3, -0.25) is 0 Å². The van der Waals surface area contributed by atoms with Crippen molar-refractivity contribution >= 4 is 21.4 Å². The summed E-state index contributed by atoms with van der Waals surface area (Å²) in [6, 6.07) is 4.47. The highest BCUT2D eigenvalue weighted by Gasteiger charge is 2.19. The third-order valence-corrected chi connectivity index (χ3v) is 3.85. The molecule has 0 aliphatic carbocycles. The van der Waals surface area contributed by atoms with Gasteiger partial charge in [-0.05, 0) is 30.5 Å². The van der Waals surface area contributed by atoms with Crippen molar-refractivity contribution < 1.29 is 13.5 Å². The maximum atomic E-state index is 11.5. The summed E-state index contributed by atoms with van der Waals surface area (Å²) in [6.45, 7) is 4.00. The fourth-order valence-electron chi connectivity index (χ4n) is 1.80. The molecule has 19 heavy (non-hydrogen) atoms. The molecule has 0 saturated carbocycles. The predicted molar refractivity (Wildman–Crippen MR) is 76.2 cm³/mol. The number of aliphatic hydroxyl groups is 1. The first-order valence-electron chi connectivity index (χ1n) is 6.05. The molecule has 6 nitrogen and oxygen atoms in total. The van der Waals surface area contributed by atoms with Gasteiger partial charge in [-0.1, -0.05) is 13.8 Å². The van der Waals surface area contributed by atoms with E-state index < -0.39 is 10.0 Å². The van der Waals surface area contributed by atoms with Crippen LogP contribution in [0.5, 0.6) is 0 Å². The summed E-state index contributed by atoms with van der Waals surface area (Å²) in [6.07, 6.45) is 0.520. The van der Waals surface area contributed by atoms with E-state index in [0.29, 0.717) is 17.8 Å². The number of nitrogen functional groups attached to an aromatic ring is 1. The number of sulfonamides is 1. The number of rotatable bonds is 6. The number of hydrogen-bond acceptors (Lipinski definition) is 5. The largest absolute Gasteiger partial charge is 0.399 e. The fraction of sp³-hybridized carbons (Fsp3) is 0.500. The van der Waals surface area contributed by atoms with Crippen molar-refractivity contribution in [1.29, 1.82) is 0 Å². The minimum atomic E-state index is -3.85. The highest BCUT2D eigenvalue weighted by molar-refractivity contribution is 7.89. The number of primary sulfonamides is 1.